The summed E-state index contributed by atoms with van der Waals surface area (Å²) in [5, 5.41) is 2.07. The van der Waals surface area contributed by atoms with Crippen molar-refractivity contribution in [2.24, 2.45) is 5.41 Å². The number of benzene rings is 2. The molecule has 1 aromatic heterocycles. The number of likely N-dealkylation sites (tertiary alicyclic amines) is 2. The van der Waals surface area contributed by atoms with Crippen molar-refractivity contribution in [1.82, 2.24) is 14.8 Å². The van der Waals surface area contributed by atoms with Gasteiger partial charge in [0.2, 0.25) is 11.8 Å². The number of nitrogens with one attached hydrogen (secondary N) is 1. The van der Waals surface area contributed by atoms with E-state index >= 15 is 0 Å². The first kappa shape index (κ1) is 21.4. The molecule has 1 unspecified atom stereocenters. The molecule has 2 fully saturated rings. The van der Waals surface area contributed by atoms with Crippen LogP contribution in [0.15, 0.2) is 48.7 Å². The Morgan fingerprint density at radius 1 is 0.906 bits per heavy atom. The lowest BCUT2D eigenvalue weighted by atomic mass is 9.86. The zero-order chi connectivity index (χ0) is 22.3. The van der Waals surface area contributed by atoms with Crippen LogP contribution >= 0.6 is 23.2 Å². The number of amides is 2. The summed E-state index contributed by atoms with van der Waals surface area (Å²) in [6.07, 6.45) is 4.55. The molecule has 166 valence electrons. The number of aromatic amines is 1. The van der Waals surface area contributed by atoms with Gasteiger partial charge in [-0.15, -0.1) is 0 Å². The lowest BCUT2D eigenvalue weighted by molar-refractivity contribution is -0.129. The Bertz CT molecular complexity index is 1190. The molecule has 1 N–H and O–H groups in total. The molecule has 32 heavy (non-hydrogen) atoms. The van der Waals surface area contributed by atoms with Crippen LogP contribution in [0.5, 0.6) is 0 Å². The normalized spacial score (nSPS) is 20.6. The number of para-hydroxylation sites is 1. The van der Waals surface area contributed by atoms with E-state index in [1.165, 1.54) is 0 Å². The topological polar surface area (TPSA) is 56.4 Å². The first-order valence-corrected chi connectivity index (χ1v) is 11.7. The molecule has 0 aliphatic carbocycles. The summed E-state index contributed by atoms with van der Waals surface area (Å²) < 4.78 is 0. The van der Waals surface area contributed by atoms with E-state index in [4.69, 9.17) is 23.2 Å². The molecule has 5 nitrogen and oxygen atoms in total. The van der Waals surface area contributed by atoms with Crippen molar-refractivity contribution in [3.63, 3.8) is 0 Å². The summed E-state index contributed by atoms with van der Waals surface area (Å²) in [6, 6.07) is 13.4. The molecule has 2 saturated heterocycles. The van der Waals surface area contributed by atoms with E-state index in [1.54, 1.807) is 12.1 Å². The lowest BCUT2D eigenvalue weighted by Crippen LogP contribution is -2.36. The van der Waals surface area contributed by atoms with E-state index in [1.807, 2.05) is 46.3 Å². The molecule has 3 heterocycles. The molecule has 0 bridgehead atoms. The second kappa shape index (κ2) is 8.45. The van der Waals surface area contributed by atoms with Crippen LogP contribution < -0.4 is 0 Å². The molecule has 1 spiro atoms. The summed E-state index contributed by atoms with van der Waals surface area (Å²) in [5.74, 6) is 0.260. The van der Waals surface area contributed by atoms with E-state index in [-0.39, 0.29) is 17.2 Å². The predicted molar refractivity (Wildman–Crippen MR) is 127 cm³/mol. The fourth-order valence-electron chi connectivity index (χ4n) is 5.12. The van der Waals surface area contributed by atoms with E-state index in [0.29, 0.717) is 29.4 Å². The van der Waals surface area contributed by atoms with Crippen molar-refractivity contribution in [3.8, 4) is 0 Å². The van der Waals surface area contributed by atoms with Gasteiger partial charge in [-0.1, -0.05) is 47.5 Å². The van der Waals surface area contributed by atoms with Crippen molar-refractivity contribution in [2.75, 3.05) is 26.2 Å². The first-order valence-electron chi connectivity index (χ1n) is 11.0. The third kappa shape index (κ3) is 4.12. The number of carbonyl (C=O) groups excluding carboxylic acids is 2. The molecular weight excluding hydrogens is 445 g/mol. The van der Waals surface area contributed by atoms with Crippen molar-refractivity contribution in [3.05, 3.63) is 69.8 Å². The number of halogens is 2. The number of aromatic nitrogens is 1. The Hall–Kier alpha value is -2.50. The number of fused-ring (bicyclic) bond motifs is 1. The van der Waals surface area contributed by atoms with Gasteiger partial charge >= 0.3 is 0 Å². The third-order valence-electron chi connectivity index (χ3n) is 6.94. The highest BCUT2D eigenvalue weighted by Crippen LogP contribution is 2.40. The van der Waals surface area contributed by atoms with Crippen LogP contribution in [-0.4, -0.2) is 52.8 Å². The number of nitrogens with zero attached hydrogens (tertiary/aromatic N) is 2. The molecule has 3 aromatic rings. The number of carbonyl (C=O) groups is 2. The molecule has 2 aliphatic rings. The Morgan fingerprint density at radius 3 is 2.31 bits per heavy atom. The van der Waals surface area contributed by atoms with Gasteiger partial charge in [0.1, 0.15) is 0 Å². The highest BCUT2D eigenvalue weighted by Gasteiger charge is 2.45. The van der Waals surface area contributed by atoms with Crippen LogP contribution in [0.1, 0.15) is 24.0 Å². The maximum Gasteiger partial charge on any atom is 0.227 e. The average Bonchev–Trinajstić information content (AvgIpc) is 3.51. The van der Waals surface area contributed by atoms with Gasteiger partial charge in [0.05, 0.1) is 22.9 Å². The molecule has 2 aromatic carbocycles. The van der Waals surface area contributed by atoms with Gasteiger partial charge in [-0.2, -0.15) is 0 Å². The molecule has 0 saturated carbocycles. The summed E-state index contributed by atoms with van der Waals surface area (Å²) in [6.45, 7) is 2.94. The molecule has 2 aliphatic heterocycles. The number of rotatable bonds is 4. The summed E-state index contributed by atoms with van der Waals surface area (Å²) in [5.41, 5.74) is 2.98. The van der Waals surface area contributed by atoms with Crippen LogP contribution in [0.25, 0.3) is 10.9 Å². The van der Waals surface area contributed by atoms with Gasteiger partial charge in [-0.3, -0.25) is 9.59 Å². The van der Waals surface area contributed by atoms with Crippen LogP contribution in [0, 0.1) is 5.41 Å². The Labute approximate surface area is 197 Å². The van der Waals surface area contributed by atoms with Gasteiger partial charge in [0, 0.05) is 48.7 Å². The Morgan fingerprint density at radius 2 is 1.59 bits per heavy atom. The van der Waals surface area contributed by atoms with Crippen molar-refractivity contribution in [2.45, 2.75) is 25.7 Å². The van der Waals surface area contributed by atoms with Crippen molar-refractivity contribution < 1.29 is 9.59 Å². The lowest BCUT2D eigenvalue weighted by Gasteiger charge is -2.25. The third-order valence-corrected chi connectivity index (χ3v) is 7.68. The molecule has 0 radical (unpaired) electrons. The second-order valence-corrected chi connectivity index (χ2v) is 9.91. The number of H-pyrrole nitrogens is 1. The van der Waals surface area contributed by atoms with Gasteiger partial charge in [-0.05, 0) is 42.2 Å². The van der Waals surface area contributed by atoms with Crippen molar-refractivity contribution in [1.29, 1.82) is 0 Å². The highest BCUT2D eigenvalue weighted by molar-refractivity contribution is 6.42. The largest absolute Gasteiger partial charge is 0.361 e. The zero-order valence-corrected chi connectivity index (χ0v) is 19.3. The van der Waals surface area contributed by atoms with Gasteiger partial charge in [0.15, 0.2) is 0 Å². The maximum atomic E-state index is 13.0. The van der Waals surface area contributed by atoms with E-state index in [2.05, 4.69) is 4.98 Å². The number of hydrogen-bond acceptors (Lipinski definition) is 2. The van der Waals surface area contributed by atoms with Crippen LogP contribution in [-0.2, 0) is 22.4 Å². The van der Waals surface area contributed by atoms with Crippen molar-refractivity contribution >= 4 is 45.9 Å². The minimum absolute atomic E-state index is 0.0170. The average molecular weight is 470 g/mol. The second-order valence-electron chi connectivity index (χ2n) is 9.09. The van der Waals surface area contributed by atoms with E-state index in [9.17, 15) is 9.59 Å². The summed E-state index contributed by atoms with van der Waals surface area (Å²) >= 11 is 12.1. The van der Waals surface area contributed by atoms with E-state index < -0.39 is 0 Å². The van der Waals surface area contributed by atoms with E-state index in [0.717, 1.165) is 54.5 Å². The Kier molecular flexibility index (Phi) is 5.64. The molecular formula is C25H25Cl2N3O2. The monoisotopic (exact) mass is 469 g/mol. The smallest absolute Gasteiger partial charge is 0.227 e. The van der Waals surface area contributed by atoms with Gasteiger partial charge < -0.3 is 14.8 Å². The quantitative estimate of drug-likeness (QED) is 0.601. The summed E-state index contributed by atoms with van der Waals surface area (Å²) in [7, 11) is 0. The molecule has 1 atom stereocenters. The number of hydrogen-bond donors (Lipinski definition) is 1. The Balaban J connectivity index is 1.19. The predicted octanol–water partition coefficient (Wildman–Crippen LogP) is 4.71. The molecule has 5 rings (SSSR count). The molecule has 2 amide bonds. The summed E-state index contributed by atoms with van der Waals surface area (Å²) in [4.78, 5) is 33.1. The fourth-order valence-corrected chi connectivity index (χ4v) is 5.44. The van der Waals surface area contributed by atoms with Gasteiger partial charge in [-0.25, -0.2) is 0 Å². The maximum absolute atomic E-state index is 13.0. The van der Waals surface area contributed by atoms with Crippen LogP contribution in [0.3, 0.4) is 0 Å². The van der Waals surface area contributed by atoms with Crippen LogP contribution in [0.2, 0.25) is 10.0 Å². The minimum atomic E-state index is 0.0170. The SMILES string of the molecule is O=C(Cc1ccc(Cl)c(Cl)c1)N1CCC2(CCN(C(=O)Cc3c[nH]c4ccccc34)C2)C1. The first-order chi connectivity index (χ1) is 15.4. The fraction of sp³-hybridized carbons (Fsp3) is 0.360. The van der Waals surface area contributed by atoms with Crippen LogP contribution in [0.4, 0.5) is 0 Å². The molecule has 7 heteroatoms. The minimum Gasteiger partial charge on any atom is -0.361 e. The van der Waals surface area contributed by atoms with Gasteiger partial charge in [0.25, 0.3) is 0 Å². The standard InChI is InChI=1S/C25H25Cl2N3O2/c26-20-6-5-17(11-21(20)27)12-23(31)29-9-7-25(15-29)8-10-30(16-25)24(32)13-18-14-28-22-4-2-1-3-19(18)22/h1-6,11,14,28H,7-10,12-13,15-16H2. The zero-order valence-electron chi connectivity index (χ0n) is 17.7. The highest BCUT2D eigenvalue weighted by atomic mass is 35.5.